The third kappa shape index (κ3) is 3.48. The van der Waals surface area contributed by atoms with E-state index in [9.17, 15) is 0 Å². The van der Waals surface area contributed by atoms with Crippen LogP contribution in [-0.2, 0) is 10.2 Å². The topological polar surface area (TPSA) is 38.5 Å². The smallest absolute Gasteiger partial charge is 0.0876 e. The lowest BCUT2D eigenvalue weighted by Crippen LogP contribution is -2.49. The minimum Gasteiger partial charge on any atom is -0.370 e. The van der Waals surface area contributed by atoms with Crippen LogP contribution in [0.25, 0.3) is 0 Å². The van der Waals surface area contributed by atoms with Gasteiger partial charge in [0, 0.05) is 25.3 Å². The van der Waals surface area contributed by atoms with Crippen LogP contribution >= 0.6 is 0 Å². The quantitative estimate of drug-likeness (QED) is 0.890. The molecule has 2 atom stereocenters. The maximum Gasteiger partial charge on any atom is 0.0876 e. The molecule has 106 valence electrons. The van der Waals surface area contributed by atoms with Crippen LogP contribution in [0.3, 0.4) is 0 Å². The molecular formula is C16H26N2O. The molecule has 1 aromatic rings. The zero-order chi connectivity index (χ0) is 14.0. The fourth-order valence-corrected chi connectivity index (χ4v) is 2.56. The fraction of sp³-hybridized carbons (Fsp3) is 0.625. The highest BCUT2D eigenvalue weighted by Gasteiger charge is 2.24. The summed E-state index contributed by atoms with van der Waals surface area (Å²) in [7, 11) is 0. The van der Waals surface area contributed by atoms with Gasteiger partial charge in [0.1, 0.15) is 0 Å². The predicted molar refractivity (Wildman–Crippen MR) is 80.7 cm³/mol. The van der Waals surface area contributed by atoms with Crippen LogP contribution in [0, 0.1) is 0 Å². The van der Waals surface area contributed by atoms with E-state index in [4.69, 9.17) is 10.5 Å². The van der Waals surface area contributed by atoms with Crippen LogP contribution < -0.4 is 10.6 Å². The molecule has 0 aliphatic carbocycles. The number of nitrogens with zero attached hydrogens (tertiary/aromatic N) is 1. The average molecular weight is 262 g/mol. The molecule has 1 aliphatic rings. The lowest BCUT2D eigenvalue weighted by atomic mass is 9.87. The van der Waals surface area contributed by atoms with E-state index in [0.717, 1.165) is 13.1 Å². The maximum absolute atomic E-state index is 5.80. The monoisotopic (exact) mass is 262 g/mol. The van der Waals surface area contributed by atoms with Crippen molar-refractivity contribution in [2.24, 2.45) is 5.73 Å². The number of rotatable bonds is 2. The third-order valence-corrected chi connectivity index (χ3v) is 3.69. The number of morpholine rings is 1. The van der Waals surface area contributed by atoms with Gasteiger partial charge in [-0.1, -0.05) is 32.9 Å². The molecule has 0 amide bonds. The molecule has 19 heavy (non-hydrogen) atoms. The molecule has 1 fully saturated rings. The summed E-state index contributed by atoms with van der Waals surface area (Å²) in [5, 5.41) is 0. The van der Waals surface area contributed by atoms with Gasteiger partial charge in [-0.15, -0.1) is 0 Å². The second kappa shape index (κ2) is 5.51. The van der Waals surface area contributed by atoms with Crippen LogP contribution in [0.5, 0.6) is 0 Å². The summed E-state index contributed by atoms with van der Waals surface area (Å²) in [5.41, 5.74) is 8.57. The van der Waals surface area contributed by atoms with Gasteiger partial charge >= 0.3 is 0 Å². The zero-order valence-electron chi connectivity index (χ0n) is 12.5. The van der Waals surface area contributed by atoms with Crippen molar-refractivity contribution in [2.45, 2.75) is 45.3 Å². The number of nitrogens with two attached hydrogens (primary N) is 1. The standard InChI is InChI=1S/C16H26N2O/c1-12-10-18(11-15(9-17)19-12)14-7-5-13(6-8-14)16(2,3)4/h5-8,12,15H,9-11,17H2,1-4H3. The summed E-state index contributed by atoms with van der Waals surface area (Å²) >= 11 is 0. The number of hydrogen-bond acceptors (Lipinski definition) is 3. The normalized spacial score (nSPS) is 24.6. The first-order chi connectivity index (χ1) is 8.90. The lowest BCUT2D eigenvalue weighted by molar-refractivity contribution is -0.0104. The highest BCUT2D eigenvalue weighted by Crippen LogP contribution is 2.26. The molecule has 1 aliphatic heterocycles. The van der Waals surface area contributed by atoms with Gasteiger partial charge < -0.3 is 15.4 Å². The van der Waals surface area contributed by atoms with Gasteiger partial charge in [0.15, 0.2) is 0 Å². The van der Waals surface area contributed by atoms with Crippen LogP contribution in [0.1, 0.15) is 33.3 Å². The number of ether oxygens (including phenoxy) is 1. The summed E-state index contributed by atoms with van der Waals surface area (Å²) < 4.78 is 5.80. The van der Waals surface area contributed by atoms with E-state index in [1.54, 1.807) is 0 Å². The molecule has 1 aromatic carbocycles. The van der Waals surface area contributed by atoms with Crippen molar-refractivity contribution >= 4 is 5.69 Å². The van der Waals surface area contributed by atoms with Gasteiger partial charge in [0.2, 0.25) is 0 Å². The Bertz CT molecular complexity index is 408. The van der Waals surface area contributed by atoms with Crippen molar-refractivity contribution in [1.29, 1.82) is 0 Å². The third-order valence-electron chi connectivity index (χ3n) is 3.69. The number of anilines is 1. The first-order valence-corrected chi connectivity index (χ1v) is 7.11. The van der Waals surface area contributed by atoms with Crippen molar-refractivity contribution in [1.82, 2.24) is 0 Å². The Kier molecular flexibility index (Phi) is 4.16. The van der Waals surface area contributed by atoms with Crippen LogP contribution in [0.15, 0.2) is 24.3 Å². The van der Waals surface area contributed by atoms with E-state index in [2.05, 4.69) is 56.9 Å². The second-order valence-electron chi connectivity index (χ2n) is 6.51. The first kappa shape index (κ1) is 14.4. The summed E-state index contributed by atoms with van der Waals surface area (Å²) in [6.45, 7) is 11.2. The Morgan fingerprint density at radius 3 is 2.37 bits per heavy atom. The molecule has 0 bridgehead atoms. The van der Waals surface area contributed by atoms with Crippen LogP contribution in [-0.4, -0.2) is 31.8 Å². The van der Waals surface area contributed by atoms with Gasteiger partial charge in [-0.3, -0.25) is 0 Å². The highest BCUT2D eigenvalue weighted by molar-refractivity contribution is 5.49. The number of hydrogen-bond donors (Lipinski definition) is 1. The maximum atomic E-state index is 5.80. The molecule has 2 unspecified atom stereocenters. The molecule has 1 heterocycles. The Labute approximate surface area is 116 Å². The summed E-state index contributed by atoms with van der Waals surface area (Å²) in [5.74, 6) is 0. The first-order valence-electron chi connectivity index (χ1n) is 7.11. The zero-order valence-corrected chi connectivity index (χ0v) is 12.5. The van der Waals surface area contributed by atoms with Gasteiger partial charge in [-0.2, -0.15) is 0 Å². The van der Waals surface area contributed by atoms with Crippen LogP contribution in [0.4, 0.5) is 5.69 Å². The van der Waals surface area contributed by atoms with Crippen molar-refractivity contribution in [3.05, 3.63) is 29.8 Å². The molecule has 0 saturated carbocycles. The molecule has 0 spiro atoms. The summed E-state index contributed by atoms with van der Waals surface area (Å²) in [6.07, 6.45) is 0.385. The van der Waals surface area contributed by atoms with E-state index in [-0.39, 0.29) is 17.6 Å². The number of benzene rings is 1. The van der Waals surface area contributed by atoms with Gasteiger partial charge in [0.25, 0.3) is 0 Å². The van der Waals surface area contributed by atoms with Gasteiger partial charge in [0.05, 0.1) is 12.2 Å². The molecule has 3 heteroatoms. The van der Waals surface area contributed by atoms with Crippen molar-refractivity contribution < 1.29 is 4.74 Å². The Balaban J connectivity index is 2.13. The summed E-state index contributed by atoms with van der Waals surface area (Å²) in [4.78, 5) is 2.37. The van der Waals surface area contributed by atoms with Crippen molar-refractivity contribution in [2.75, 3.05) is 24.5 Å². The molecule has 2 N–H and O–H groups in total. The van der Waals surface area contributed by atoms with E-state index in [1.807, 2.05) is 0 Å². The van der Waals surface area contributed by atoms with E-state index in [0.29, 0.717) is 6.54 Å². The minimum atomic E-state index is 0.144. The van der Waals surface area contributed by atoms with E-state index in [1.165, 1.54) is 11.3 Å². The second-order valence-corrected chi connectivity index (χ2v) is 6.51. The Morgan fingerprint density at radius 1 is 1.21 bits per heavy atom. The fourth-order valence-electron chi connectivity index (χ4n) is 2.56. The van der Waals surface area contributed by atoms with Crippen molar-refractivity contribution in [3.8, 4) is 0 Å². The molecule has 3 nitrogen and oxygen atoms in total. The Morgan fingerprint density at radius 2 is 1.84 bits per heavy atom. The molecule has 0 radical (unpaired) electrons. The summed E-state index contributed by atoms with van der Waals surface area (Å²) in [6, 6.07) is 8.89. The molecule has 2 rings (SSSR count). The predicted octanol–water partition coefficient (Wildman–Crippen LogP) is 2.54. The minimum absolute atomic E-state index is 0.144. The molecule has 1 saturated heterocycles. The lowest BCUT2D eigenvalue weighted by Gasteiger charge is -2.38. The average Bonchev–Trinajstić information content (AvgIpc) is 2.37. The van der Waals surface area contributed by atoms with E-state index < -0.39 is 0 Å². The largest absolute Gasteiger partial charge is 0.370 e. The van der Waals surface area contributed by atoms with E-state index >= 15 is 0 Å². The molecular weight excluding hydrogens is 236 g/mol. The van der Waals surface area contributed by atoms with Crippen LogP contribution in [0.2, 0.25) is 0 Å². The highest BCUT2D eigenvalue weighted by atomic mass is 16.5. The van der Waals surface area contributed by atoms with Gasteiger partial charge in [-0.25, -0.2) is 0 Å². The molecule has 0 aromatic heterocycles. The SMILES string of the molecule is CC1CN(c2ccc(C(C)(C)C)cc2)CC(CN)O1. The van der Waals surface area contributed by atoms with Crippen molar-refractivity contribution in [3.63, 3.8) is 0 Å². The Hall–Kier alpha value is -1.06. The van der Waals surface area contributed by atoms with Gasteiger partial charge in [-0.05, 0) is 30.0 Å².